The van der Waals surface area contributed by atoms with Crippen LogP contribution in [0.2, 0.25) is 0 Å². The third kappa shape index (κ3) is 2.56. The lowest BCUT2D eigenvalue weighted by Crippen LogP contribution is -2.31. The average Bonchev–Trinajstić information content (AvgIpc) is 3.16. The first-order valence-electron chi connectivity index (χ1n) is 8.41. The molecule has 1 aliphatic rings. The van der Waals surface area contributed by atoms with E-state index in [2.05, 4.69) is 0 Å². The van der Waals surface area contributed by atoms with Gasteiger partial charge in [-0.25, -0.2) is 0 Å². The highest BCUT2D eigenvalue weighted by molar-refractivity contribution is 5.99. The number of ketones is 1. The van der Waals surface area contributed by atoms with Crippen molar-refractivity contribution in [3.63, 3.8) is 0 Å². The number of fused-ring (bicyclic) bond motifs is 1. The summed E-state index contributed by atoms with van der Waals surface area (Å²) < 4.78 is 6.99. The van der Waals surface area contributed by atoms with E-state index in [4.69, 9.17) is 4.42 Å². The Morgan fingerprint density at radius 3 is 2.69 bits per heavy atom. The van der Waals surface area contributed by atoms with E-state index in [1.165, 1.54) is 10.6 Å². The Labute approximate surface area is 150 Å². The molecule has 0 radical (unpaired) electrons. The molecule has 2 aromatic heterocycles. The van der Waals surface area contributed by atoms with Crippen LogP contribution in [0.1, 0.15) is 45.3 Å². The molecule has 0 bridgehead atoms. The molecule has 0 aliphatic heterocycles. The molecule has 0 saturated heterocycles. The van der Waals surface area contributed by atoms with Crippen LogP contribution in [0.15, 0.2) is 57.9 Å². The van der Waals surface area contributed by atoms with Crippen molar-refractivity contribution in [1.82, 2.24) is 4.57 Å². The molecule has 0 fully saturated rings. The number of aryl methyl sites for hydroxylation is 1. The number of nitrogens with zero attached hydrogens (tertiary/aromatic N) is 2. The van der Waals surface area contributed by atoms with Gasteiger partial charge in [0.1, 0.15) is 17.4 Å². The standard InChI is InChI=1S/C21H16N2O3/c1-13-4-2-5-16(8-13)23-18-10-14(20-6-3-7-26-20)11-19(24)17(18)9-15(12-22)21(23)25/h2-9,14H,10-11H2,1H3. The first-order valence-corrected chi connectivity index (χ1v) is 8.41. The van der Waals surface area contributed by atoms with E-state index < -0.39 is 5.56 Å². The van der Waals surface area contributed by atoms with Crippen LogP contribution in [0.25, 0.3) is 5.69 Å². The molecular formula is C21H16N2O3. The van der Waals surface area contributed by atoms with Gasteiger partial charge >= 0.3 is 0 Å². The zero-order valence-corrected chi connectivity index (χ0v) is 14.2. The van der Waals surface area contributed by atoms with Gasteiger partial charge in [-0.1, -0.05) is 12.1 Å². The predicted octanol–water partition coefficient (Wildman–Crippen LogP) is 3.52. The Morgan fingerprint density at radius 2 is 2.00 bits per heavy atom. The molecule has 0 N–H and O–H groups in total. The van der Waals surface area contributed by atoms with Gasteiger partial charge in [0.2, 0.25) is 0 Å². The molecule has 5 heteroatoms. The van der Waals surface area contributed by atoms with E-state index in [0.29, 0.717) is 29.8 Å². The SMILES string of the molecule is Cc1cccc(-n2c3c(cc(C#N)c2=O)C(=O)CC(c2ccco2)C3)c1. The van der Waals surface area contributed by atoms with Crippen molar-refractivity contribution >= 4 is 5.78 Å². The van der Waals surface area contributed by atoms with Crippen molar-refractivity contribution in [3.8, 4) is 11.8 Å². The van der Waals surface area contributed by atoms with Crippen LogP contribution < -0.4 is 5.56 Å². The first-order chi connectivity index (χ1) is 12.6. The fourth-order valence-corrected chi connectivity index (χ4v) is 3.58. The highest BCUT2D eigenvalue weighted by atomic mass is 16.3. The number of hydrogen-bond donors (Lipinski definition) is 0. The van der Waals surface area contributed by atoms with E-state index in [-0.39, 0.29) is 17.3 Å². The van der Waals surface area contributed by atoms with Gasteiger partial charge in [-0.2, -0.15) is 5.26 Å². The number of carbonyl (C=O) groups excluding carboxylic acids is 1. The van der Waals surface area contributed by atoms with E-state index in [9.17, 15) is 14.9 Å². The second-order valence-corrected chi connectivity index (χ2v) is 6.55. The van der Waals surface area contributed by atoms with Crippen molar-refractivity contribution in [2.24, 2.45) is 0 Å². The molecule has 0 spiro atoms. The van der Waals surface area contributed by atoms with Crippen LogP contribution in [-0.4, -0.2) is 10.4 Å². The smallest absolute Gasteiger partial charge is 0.273 e. The number of furan rings is 1. The summed E-state index contributed by atoms with van der Waals surface area (Å²) in [5, 5.41) is 9.34. The second kappa shape index (κ2) is 6.16. The molecule has 2 heterocycles. The van der Waals surface area contributed by atoms with Crippen LogP contribution >= 0.6 is 0 Å². The summed E-state index contributed by atoms with van der Waals surface area (Å²) in [5.74, 6) is 0.538. The van der Waals surface area contributed by atoms with Crippen molar-refractivity contribution in [3.05, 3.63) is 87.2 Å². The highest BCUT2D eigenvalue weighted by Crippen LogP contribution is 2.33. The number of pyridine rings is 1. The van der Waals surface area contributed by atoms with E-state index >= 15 is 0 Å². The van der Waals surface area contributed by atoms with E-state index in [1.807, 2.05) is 43.3 Å². The first kappa shape index (κ1) is 16.1. The number of hydrogen-bond acceptors (Lipinski definition) is 4. The maximum absolute atomic E-state index is 12.9. The minimum absolute atomic E-state index is 0.0185. The average molecular weight is 344 g/mol. The summed E-state index contributed by atoms with van der Waals surface area (Å²) in [6.45, 7) is 1.94. The van der Waals surface area contributed by atoms with Crippen molar-refractivity contribution in [1.29, 1.82) is 5.26 Å². The molecule has 0 saturated carbocycles. The number of Topliss-reactive ketones (excluding diaryl/α,β-unsaturated/α-hetero) is 1. The predicted molar refractivity (Wildman–Crippen MR) is 95.6 cm³/mol. The summed E-state index contributed by atoms with van der Waals surface area (Å²) >= 11 is 0. The largest absolute Gasteiger partial charge is 0.469 e. The maximum Gasteiger partial charge on any atom is 0.273 e. The highest BCUT2D eigenvalue weighted by Gasteiger charge is 2.31. The number of benzene rings is 1. The van der Waals surface area contributed by atoms with E-state index in [1.54, 1.807) is 12.3 Å². The van der Waals surface area contributed by atoms with Crippen LogP contribution in [-0.2, 0) is 6.42 Å². The zero-order chi connectivity index (χ0) is 18.3. The molecule has 1 atom stereocenters. The second-order valence-electron chi connectivity index (χ2n) is 6.55. The minimum Gasteiger partial charge on any atom is -0.469 e. The van der Waals surface area contributed by atoms with Gasteiger partial charge in [-0.05, 0) is 49.2 Å². The van der Waals surface area contributed by atoms with Gasteiger partial charge in [-0.3, -0.25) is 14.2 Å². The van der Waals surface area contributed by atoms with Gasteiger partial charge in [-0.15, -0.1) is 0 Å². The Bertz CT molecular complexity index is 1100. The van der Waals surface area contributed by atoms with Crippen LogP contribution in [0.4, 0.5) is 0 Å². The molecule has 4 rings (SSSR count). The molecule has 26 heavy (non-hydrogen) atoms. The van der Waals surface area contributed by atoms with Gasteiger partial charge in [0.05, 0.1) is 6.26 Å². The molecule has 1 aromatic carbocycles. The van der Waals surface area contributed by atoms with Gasteiger partial charge < -0.3 is 4.42 Å². The Morgan fingerprint density at radius 1 is 1.15 bits per heavy atom. The van der Waals surface area contributed by atoms with Crippen LogP contribution in [0.5, 0.6) is 0 Å². The summed E-state index contributed by atoms with van der Waals surface area (Å²) in [5.41, 5.74) is 2.33. The van der Waals surface area contributed by atoms with Gasteiger partial charge in [0.25, 0.3) is 5.56 Å². The lowest BCUT2D eigenvalue weighted by Gasteiger charge is -2.25. The maximum atomic E-state index is 12.9. The monoisotopic (exact) mass is 344 g/mol. The third-order valence-electron chi connectivity index (χ3n) is 4.80. The fraction of sp³-hybridized carbons (Fsp3) is 0.190. The van der Waals surface area contributed by atoms with Crippen LogP contribution in [0.3, 0.4) is 0 Å². The number of aromatic nitrogens is 1. The Kier molecular flexibility index (Phi) is 3.81. The Hall–Kier alpha value is -3.39. The van der Waals surface area contributed by atoms with Gasteiger partial charge in [0, 0.05) is 29.3 Å². The number of carbonyl (C=O) groups is 1. The summed E-state index contributed by atoms with van der Waals surface area (Å²) in [7, 11) is 0. The quantitative estimate of drug-likeness (QED) is 0.713. The van der Waals surface area contributed by atoms with Crippen molar-refractivity contribution in [2.45, 2.75) is 25.7 Å². The number of nitriles is 1. The minimum atomic E-state index is -0.398. The molecular weight excluding hydrogens is 328 g/mol. The molecule has 5 nitrogen and oxygen atoms in total. The zero-order valence-electron chi connectivity index (χ0n) is 14.2. The van der Waals surface area contributed by atoms with Crippen LogP contribution in [0, 0.1) is 18.3 Å². The molecule has 3 aromatic rings. The summed E-state index contributed by atoms with van der Waals surface area (Å²) in [6.07, 6.45) is 2.39. The topological polar surface area (TPSA) is 76.0 Å². The molecule has 128 valence electrons. The third-order valence-corrected chi connectivity index (χ3v) is 4.80. The molecule has 1 aliphatic carbocycles. The van der Waals surface area contributed by atoms with Crippen molar-refractivity contribution < 1.29 is 9.21 Å². The molecule has 1 unspecified atom stereocenters. The lowest BCUT2D eigenvalue weighted by atomic mass is 9.83. The lowest BCUT2D eigenvalue weighted by molar-refractivity contribution is 0.0958. The van der Waals surface area contributed by atoms with Gasteiger partial charge in [0.15, 0.2) is 5.78 Å². The van der Waals surface area contributed by atoms with Crippen molar-refractivity contribution in [2.75, 3.05) is 0 Å². The Balaban J connectivity index is 1.97. The molecule has 0 amide bonds. The normalized spacial score (nSPS) is 16.2. The summed E-state index contributed by atoms with van der Waals surface area (Å²) in [6, 6.07) is 14.5. The summed E-state index contributed by atoms with van der Waals surface area (Å²) in [4.78, 5) is 25.6. The number of rotatable bonds is 2. The van der Waals surface area contributed by atoms with E-state index in [0.717, 1.165) is 11.3 Å². The fourth-order valence-electron chi connectivity index (χ4n) is 3.58.